The first-order valence-corrected chi connectivity index (χ1v) is 7.61. The zero-order chi connectivity index (χ0) is 15.7. The van der Waals surface area contributed by atoms with E-state index in [0.29, 0.717) is 19.8 Å². The van der Waals surface area contributed by atoms with E-state index in [1.165, 1.54) is 0 Å². The molecule has 0 spiro atoms. The van der Waals surface area contributed by atoms with Crippen molar-refractivity contribution >= 4 is 21.9 Å². The van der Waals surface area contributed by atoms with Gasteiger partial charge in [-0.05, 0) is 32.4 Å². The highest BCUT2D eigenvalue weighted by Crippen LogP contribution is 2.29. The molecule has 1 aromatic carbocycles. The Balaban J connectivity index is 2.38. The Bertz CT molecular complexity index is 824. The Morgan fingerprint density at radius 2 is 2.05 bits per heavy atom. The molecule has 0 amide bonds. The summed E-state index contributed by atoms with van der Waals surface area (Å²) >= 11 is 0. The summed E-state index contributed by atoms with van der Waals surface area (Å²) in [7, 11) is 0. The highest BCUT2D eigenvalue weighted by atomic mass is 16.5. The van der Waals surface area contributed by atoms with Crippen molar-refractivity contribution in [3.63, 3.8) is 0 Å². The van der Waals surface area contributed by atoms with Crippen LogP contribution in [-0.2, 0) is 17.9 Å². The molecule has 0 saturated carbocycles. The number of aliphatic hydroxyl groups is 1. The van der Waals surface area contributed by atoms with Crippen LogP contribution in [0.25, 0.3) is 21.9 Å². The van der Waals surface area contributed by atoms with Gasteiger partial charge in [-0.25, -0.2) is 4.98 Å². The van der Waals surface area contributed by atoms with Crippen molar-refractivity contribution in [2.24, 2.45) is 0 Å². The summed E-state index contributed by atoms with van der Waals surface area (Å²) in [5.74, 6) is 0.839. The second-order valence-corrected chi connectivity index (χ2v) is 5.40. The second kappa shape index (κ2) is 6.02. The zero-order valence-electron chi connectivity index (χ0n) is 13.3. The van der Waals surface area contributed by atoms with Gasteiger partial charge in [0.15, 0.2) is 0 Å². The molecule has 0 radical (unpaired) electrons. The first-order valence-electron chi connectivity index (χ1n) is 7.61. The highest BCUT2D eigenvalue weighted by molar-refractivity contribution is 6.05. The molecule has 0 fully saturated rings. The Morgan fingerprint density at radius 3 is 2.77 bits per heavy atom. The fraction of sp³-hybridized carbons (Fsp3) is 0.412. The van der Waals surface area contributed by atoms with Gasteiger partial charge < -0.3 is 14.4 Å². The van der Waals surface area contributed by atoms with E-state index < -0.39 is 0 Å². The maximum absolute atomic E-state index is 9.45. The van der Waals surface area contributed by atoms with Gasteiger partial charge in [0.25, 0.3) is 0 Å². The molecule has 0 aliphatic rings. The summed E-state index contributed by atoms with van der Waals surface area (Å²) in [5.41, 5.74) is 4.97. The maximum atomic E-state index is 9.45. The fourth-order valence-electron chi connectivity index (χ4n) is 2.94. The third-order valence-electron chi connectivity index (χ3n) is 3.92. The average molecular weight is 299 g/mol. The summed E-state index contributed by atoms with van der Waals surface area (Å²) in [6.45, 7) is 7.68. The van der Waals surface area contributed by atoms with Crippen LogP contribution in [0, 0.1) is 13.8 Å². The quantitative estimate of drug-likeness (QED) is 0.787. The number of hydrogen-bond acceptors (Lipinski definition) is 4. The summed E-state index contributed by atoms with van der Waals surface area (Å²) < 4.78 is 7.60. The van der Waals surface area contributed by atoms with Gasteiger partial charge in [0.05, 0.1) is 23.3 Å². The first kappa shape index (κ1) is 14.9. The molecule has 2 aromatic heterocycles. The van der Waals surface area contributed by atoms with Crippen LogP contribution in [0.1, 0.15) is 24.0 Å². The van der Waals surface area contributed by atoms with Crippen molar-refractivity contribution in [3.8, 4) is 0 Å². The molecule has 22 heavy (non-hydrogen) atoms. The van der Waals surface area contributed by atoms with E-state index >= 15 is 0 Å². The molecule has 0 unspecified atom stereocenters. The number of aromatic nitrogens is 3. The number of nitrogens with zero attached hydrogens (tertiary/aromatic N) is 3. The highest BCUT2D eigenvalue weighted by Gasteiger charge is 2.17. The molecule has 5 heteroatoms. The van der Waals surface area contributed by atoms with E-state index in [-0.39, 0.29) is 6.61 Å². The Kier molecular flexibility index (Phi) is 4.09. The van der Waals surface area contributed by atoms with E-state index in [4.69, 9.17) is 9.72 Å². The summed E-state index contributed by atoms with van der Waals surface area (Å²) in [6, 6.07) is 6.12. The van der Waals surface area contributed by atoms with Crippen molar-refractivity contribution in [2.75, 3.05) is 13.2 Å². The molecule has 2 heterocycles. The molecule has 5 nitrogen and oxygen atoms in total. The molecule has 116 valence electrons. The molecule has 0 aliphatic heterocycles. The lowest BCUT2D eigenvalue weighted by atomic mass is 10.1. The van der Waals surface area contributed by atoms with Crippen LogP contribution in [-0.4, -0.2) is 32.9 Å². The number of aliphatic hydroxyl groups excluding tert-OH is 1. The Hall–Kier alpha value is -1.98. The standard InChI is InChI=1S/C17H21N3O2/c1-4-22-10-14-19-16-12(3)18-13-7-5-6-11(2)15(13)17(16)20(14)8-9-21/h5-7,21H,4,8-10H2,1-3H3. The van der Waals surface area contributed by atoms with Crippen molar-refractivity contribution in [3.05, 3.63) is 35.3 Å². The van der Waals surface area contributed by atoms with Crippen LogP contribution in [0.3, 0.4) is 0 Å². The molecular weight excluding hydrogens is 278 g/mol. The van der Waals surface area contributed by atoms with E-state index in [2.05, 4.69) is 22.5 Å². The van der Waals surface area contributed by atoms with E-state index in [1.54, 1.807) is 0 Å². The number of ether oxygens (including phenoxy) is 1. The predicted molar refractivity (Wildman–Crippen MR) is 86.9 cm³/mol. The van der Waals surface area contributed by atoms with Gasteiger partial charge in [0.2, 0.25) is 0 Å². The largest absolute Gasteiger partial charge is 0.395 e. The van der Waals surface area contributed by atoms with E-state index in [9.17, 15) is 5.11 Å². The second-order valence-electron chi connectivity index (χ2n) is 5.40. The number of benzene rings is 1. The molecule has 0 saturated heterocycles. The zero-order valence-corrected chi connectivity index (χ0v) is 13.3. The average Bonchev–Trinajstić information content (AvgIpc) is 2.85. The minimum atomic E-state index is 0.0688. The number of aryl methyl sites for hydroxylation is 2. The molecule has 0 bridgehead atoms. The molecule has 3 aromatic rings. The van der Waals surface area contributed by atoms with Gasteiger partial charge in [0, 0.05) is 18.5 Å². The smallest absolute Gasteiger partial charge is 0.136 e. The molecule has 3 rings (SSSR count). The third kappa shape index (κ3) is 2.36. The van der Waals surface area contributed by atoms with Crippen LogP contribution in [0.5, 0.6) is 0 Å². The molecule has 1 N–H and O–H groups in total. The van der Waals surface area contributed by atoms with Gasteiger partial charge in [-0.3, -0.25) is 4.98 Å². The Labute approximate surface area is 129 Å². The van der Waals surface area contributed by atoms with Gasteiger partial charge in [-0.15, -0.1) is 0 Å². The maximum Gasteiger partial charge on any atom is 0.136 e. The lowest BCUT2D eigenvalue weighted by Gasteiger charge is -2.10. The minimum Gasteiger partial charge on any atom is -0.395 e. The van der Waals surface area contributed by atoms with Crippen molar-refractivity contribution in [1.29, 1.82) is 0 Å². The molecule has 0 atom stereocenters. The summed E-state index contributed by atoms with van der Waals surface area (Å²) in [5, 5.41) is 10.6. The third-order valence-corrected chi connectivity index (χ3v) is 3.92. The Morgan fingerprint density at radius 1 is 1.23 bits per heavy atom. The first-order chi connectivity index (χ1) is 10.7. The van der Waals surface area contributed by atoms with Gasteiger partial charge >= 0.3 is 0 Å². The lowest BCUT2D eigenvalue weighted by Crippen LogP contribution is -2.09. The monoisotopic (exact) mass is 299 g/mol. The number of pyridine rings is 1. The summed E-state index contributed by atoms with van der Waals surface area (Å²) in [4.78, 5) is 9.40. The topological polar surface area (TPSA) is 60.2 Å². The summed E-state index contributed by atoms with van der Waals surface area (Å²) in [6.07, 6.45) is 0. The minimum absolute atomic E-state index is 0.0688. The van der Waals surface area contributed by atoms with E-state index in [0.717, 1.165) is 39.0 Å². The van der Waals surface area contributed by atoms with Crippen LogP contribution >= 0.6 is 0 Å². The van der Waals surface area contributed by atoms with Crippen molar-refractivity contribution < 1.29 is 9.84 Å². The number of fused-ring (bicyclic) bond motifs is 3. The van der Waals surface area contributed by atoms with Gasteiger partial charge in [-0.2, -0.15) is 0 Å². The molecular formula is C17H21N3O2. The van der Waals surface area contributed by atoms with Crippen molar-refractivity contribution in [2.45, 2.75) is 33.9 Å². The van der Waals surface area contributed by atoms with E-state index in [1.807, 2.05) is 26.0 Å². The van der Waals surface area contributed by atoms with Crippen LogP contribution in [0.2, 0.25) is 0 Å². The molecule has 0 aliphatic carbocycles. The number of rotatable bonds is 5. The predicted octanol–water partition coefficient (Wildman–Crippen LogP) is 2.73. The van der Waals surface area contributed by atoms with Crippen molar-refractivity contribution in [1.82, 2.24) is 14.5 Å². The van der Waals surface area contributed by atoms with Crippen LogP contribution < -0.4 is 0 Å². The fourth-order valence-corrected chi connectivity index (χ4v) is 2.94. The van der Waals surface area contributed by atoms with Gasteiger partial charge in [-0.1, -0.05) is 12.1 Å². The van der Waals surface area contributed by atoms with Gasteiger partial charge in [0.1, 0.15) is 17.9 Å². The van der Waals surface area contributed by atoms with Crippen LogP contribution in [0.15, 0.2) is 18.2 Å². The SMILES string of the molecule is CCOCc1nc2c(C)nc3cccc(C)c3c2n1CCO. The number of imidazole rings is 1. The normalized spacial score (nSPS) is 11.6. The number of hydrogen-bond donors (Lipinski definition) is 1. The lowest BCUT2D eigenvalue weighted by molar-refractivity contribution is 0.125. The van der Waals surface area contributed by atoms with Crippen LogP contribution in [0.4, 0.5) is 0 Å².